The molecule has 0 aromatic heterocycles. The molecule has 146 valence electrons. The van der Waals surface area contributed by atoms with Gasteiger partial charge in [0.05, 0.1) is 0 Å². The van der Waals surface area contributed by atoms with Gasteiger partial charge in [0.1, 0.15) is 0 Å². The summed E-state index contributed by atoms with van der Waals surface area (Å²) in [4.78, 5) is 0. The van der Waals surface area contributed by atoms with Crippen molar-refractivity contribution in [1.29, 1.82) is 0 Å². The third-order valence-corrected chi connectivity index (χ3v) is 33.5. The van der Waals surface area contributed by atoms with E-state index < -0.39 is 17.1 Å². The second-order valence-corrected chi connectivity index (χ2v) is 53.6. The summed E-state index contributed by atoms with van der Waals surface area (Å²) in [6.45, 7) is 7.46. The van der Waals surface area contributed by atoms with Crippen molar-refractivity contribution in [1.82, 2.24) is 0 Å². The van der Waals surface area contributed by atoms with Crippen molar-refractivity contribution in [3.05, 3.63) is 45.6 Å². The number of rotatable bonds is 2. The summed E-state index contributed by atoms with van der Waals surface area (Å²) in [5, 5.41) is 0. The summed E-state index contributed by atoms with van der Waals surface area (Å²) in [7, 11) is 0. The van der Waals surface area contributed by atoms with Gasteiger partial charge in [-0.2, -0.15) is 0 Å². The molecule has 0 heterocycles. The normalized spacial score (nSPS) is 28.7. The maximum atomic E-state index is 2.81. The molecule has 0 bridgehead atoms. The molecule has 0 aromatic rings. The molecule has 4 aliphatic carbocycles. The van der Waals surface area contributed by atoms with E-state index in [0.29, 0.717) is 0 Å². The zero-order valence-corrected chi connectivity index (χ0v) is 23.6. The van der Waals surface area contributed by atoms with Gasteiger partial charge in [0, 0.05) is 0 Å². The van der Waals surface area contributed by atoms with Crippen LogP contribution in [0.3, 0.4) is 0 Å². The molecule has 0 nitrogen and oxygen atoms in total. The predicted octanol–water partition coefficient (Wildman–Crippen LogP) is 7.40. The van der Waals surface area contributed by atoms with Crippen LogP contribution in [0.25, 0.3) is 0 Å². The fourth-order valence-electron chi connectivity index (χ4n) is 6.97. The standard InChI is InChI=1S/2C10H13.2CH3.2ClH.Hf.H2Si/c2*1-8-6-9-4-2-3-5-10(9)7-8;;;;;;/h2*6-7H,2-5H2,1H3;2*1H3;2*1H;;1H2. The van der Waals surface area contributed by atoms with Crippen LogP contribution in [0.5, 0.6) is 0 Å². The monoisotopic (exact) mass is 578 g/mol. The minimum atomic E-state index is -3.11. The molecule has 0 saturated carbocycles. The first-order valence-corrected chi connectivity index (χ1v) is 29.8. The van der Waals surface area contributed by atoms with Crippen LogP contribution in [0.4, 0.5) is 0 Å². The van der Waals surface area contributed by atoms with E-state index >= 15 is 0 Å². The van der Waals surface area contributed by atoms with E-state index in [9.17, 15) is 0 Å². The van der Waals surface area contributed by atoms with Gasteiger partial charge in [0.15, 0.2) is 0 Å². The van der Waals surface area contributed by atoms with E-state index in [1.807, 2.05) is 11.1 Å². The first-order valence-electron chi connectivity index (χ1n) is 10.2. The Balaban J connectivity index is 0.00000121. The Kier molecular flexibility index (Phi) is 6.88. The maximum Gasteiger partial charge on any atom is -0.147 e. The zero-order chi connectivity index (χ0) is 17.1. The SMILES string of the molecule is CC1=CC2=C(CCCC2)[CH]1[Hf]([CH3])([CH3])(=[SiH2])[CH]1C(C)=CC2=C1CCCC2.Cl.Cl. The Morgan fingerprint density at radius 1 is 0.731 bits per heavy atom. The van der Waals surface area contributed by atoms with E-state index in [1.165, 1.54) is 51.4 Å². The Morgan fingerprint density at radius 2 is 1.08 bits per heavy atom. The second-order valence-electron chi connectivity index (χ2n) is 10.1. The molecular formula is C22H36Cl2HfSi. The first kappa shape index (κ1) is 22.9. The molecule has 4 rings (SSSR count). The van der Waals surface area contributed by atoms with Gasteiger partial charge in [-0.05, 0) is 0 Å². The van der Waals surface area contributed by atoms with Crippen molar-refractivity contribution >= 4 is 31.8 Å². The van der Waals surface area contributed by atoms with E-state index in [0.717, 1.165) is 7.35 Å². The maximum absolute atomic E-state index is 3.11. The van der Waals surface area contributed by atoms with Gasteiger partial charge in [-0.1, -0.05) is 0 Å². The van der Waals surface area contributed by atoms with E-state index in [1.54, 1.807) is 22.3 Å². The minimum absolute atomic E-state index is 0. The topological polar surface area (TPSA) is 0 Å². The molecule has 26 heavy (non-hydrogen) atoms. The molecule has 0 amide bonds. The first-order chi connectivity index (χ1) is 11.3. The van der Waals surface area contributed by atoms with Gasteiger partial charge < -0.3 is 0 Å². The van der Waals surface area contributed by atoms with Crippen molar-refractivity contribution in [2.75, 3.05) is 0 Å². The average Bonchev–Trinajstić information content (AvgIpc) is 3.02. The van der Waals surface area contributed by atoms with Gasteiger partial charge in [-0.3, -0.25) is 0 Å². The molecule has 2 atom stereocenters. The summed E-state index contributed by atoms with van der Waals surface area (Å²) in [5.74, 6) is 0. The number of allylic oxidation sites excluding steroid dienone is 8. The molecule has 0 aromatic carbocycles. The quantitative estimate of drug-likeness (QED) is 0.300. The molecule has 4 aliphatic rings. The molecule has 0 N–H and O–H groups in total. The molecule has 4 heteroatoms. The van der Waals surface area contributed by atoms with Crippen LogP contribution in [0.15, 0.2) is 45.6 Å². The molecular weight excluding hydrogens is 542 g/mol. The smallest absolute Gasteiger partial charge is 0.147 e. The molecule has 0 spiro atoms. The van der Waals surface area contributed by atoms with Gasteiger partial charge in [0.25, 0.3) is 0 Å². The van der Waals surface area contributed by atoms with Crippen LogP contribution in [0, 0.1) is 0 Å². The summed E-state index contributed by atoms with van der Waals surface area (Å²) in [6, 6.07) is 0. The van der Waals surface area contributed by atoms with Gasteiger partial charge >= 0.3 is 152 Å². The zero-order valence-electron chi connectivity index (χ0n) is 17.0. The van der Waals surface area contributed by atoms with Crippen molar-refractivity contribution in [2.45, 2.75) is 81.9 Å². The van der Waals surface area contributed by atoms with Crippen molar-refractivity contribution < 1.29 is 17.1 Å². The van der Waals surface area contributed by atoms with Crippen LogP contribution >= 0.6 is 24.8 Å². The van der Waals surface area contributed by atoms with Crippen LogP contribution in [-0.4, -0.2) is 6.94 Å². The molecule has 0 aliphatic heterocycles. The van der Waals surface area contributed by atoms with Gasteiger partial charge in [-0.25, -0.2) is 0 Å². The van der Waals surface area contributed by atoms with Crippen LogP contribution in [0.2, 0.25) is 16.7 Å². The summed E-state index contributed by atoms with van der Waals surface area (Å²) >= 11 is -3.11. The average molecular weight is 578 g/mol. The number of halogens is 2. The molecule has 0 saturated heterocycles. The Morgan fingerprint density at radius 3 is 1.46 bits per heavy atom. The molecule has 2 unspecified atom stereocenters. The van der Waals surface area contributed by atoms with Crippen LogP contribution < -0.4 is 0 Å². The minimum Gasteiger partial charge on any atom is -0.147 e. The van der Waals surface area contributed by atoms with E-state index in [4.69, 9.17) is 0 Å². The van der Waals surface area contributed by atoms with Crippen molar-refractivity contribution in [3.8, 4) is 0 Å². The number of hydrogen-bond acceptors (Lipinski definition) is 0. The summed E-state index contributed by atoms with van der Waals surface area (Å²) in [5.41, 5.74) is 10.8. The fraction of sp³-hybridized carbons (Fsp3) is 0.636. The fourth-order valence-corrected chi connectivity index (χ4v) is 39.4. The van der Waals surface area contributed by atoms with Gasteiger partial charge in [-0.15, -0.1) is 24.8 Å². The van der Waals surface area contributed by atoms with Crippen LogP contribution in [-0.2, 0) is 17.1 Å². The third-order valence-electron chi connectivity index (χ3n) is 7.42. The van der Waals surface area contributed by atoms with E-state index in [2.05, 4.69) is 42.3 Å². The van der Waals surface area contributed by atoms with Crippen LogP contribution in [0.1, 0.15) is 65.2 Å². The van der Waals surface area contributed by atoms with Crippen molar-refractivity contribution in [2.24, 2.45) is 0 Å². The predicted molar refractivity (Wildman–Crippen MR) is 121 cm³/mol. The van der Waals surface area contributed by atoms with Crippen molar-refractivity contribution in [3.63, 3.8) is 0 Å². The molecule has 0 radical (unpaired) electrons. The number of hydrogen-bond donors (Lipinski definition) is 0. The summed E-state index contributed by atoms with van der Waals surface area (Å²) in [6.07, 6.45) is 16.4. The Hall–Kier alpha value is 0.627. The summed E-state index contributed by atoms with van der Waals surface area (Å²) < 4.78 is 7.35. The van der Waals surface area contributed by atoms with E-state index in [-0.39, 0.29) is 24.8 Å². The molecule has 0 fully saturated rings. The largest absolute Gasteiger partial charge is 0.147 e. The third kappa shape index (κ3) is 3.51. The Labute approximate surface area is 175 Å². The Bertz CT molecular complexity index is 731. The second kappa shape index (κ2) is 7.80. The van der Waals surface area contributed by atoms with Gasteiger partial charge in [0.2, 0.25) is 0 Å².